The molecule has 0 saturated heterocycles. The van der Waals surface area contributed by atoms with Gasteiger partial charge in [-0.1, -0.05) is 17.7 Å². The number of aryl methyl sites for hydroxylation is 1. The highest BCUT2D eigenvalue weighted by Gasteiger charge is 2.34. The predicted molar refractivity (Wildman–Crippen MR) is 136 cm³/mol. The quantitative estimate of drug-likeness (QED) is 0.368. The number of aromatic nitrogens is 2. The Hall–Kier alpha value is -4.33. The van der Waals surface area contributed by atoms with Gasteiger partial charge in [-0.05, 0) is 68.3 Å². The standard InChI is InChI=1S/C28H28N4O4/c1-19-5-11-22(12-6-19)32-17-25(20-9-13-23(35-2)14-10-20)29-28(32)30-26(33)18-31(27(34)21-7-8-21)16-24-4-3-15-36-24/h3-6,9-15,17,21H,7-8,16,18H2,1-2H3,(H,29,30,33). The van der Waals surface area contributed by atoms with Crippen LogP contribution in [0.2, 0.25) is 0 Å². The van der Waals surface area contributed by atoms with E-state index in [4.69, 9.17) is 14.1 Å². The molecule has 2 heterocycles. The van der Waals surface area contributed by atoms with E-state index >= 15 is 0 Å². The molecule has 1 saturated carbocycles. The maximum Gasteiger partial charge on any atom is 0.246 e. The lowest BCUT2D eigenvalue weighted by molar-refractivity contribution is -0.136. The number of nitrogens with zero attached hydrogens (tertiary/aromatic N) is 3. The van der Waals surface area contributed by atoms with E-state index in [0.29, 0.717) is 17.4 Å². The number of imidazole rings is 1. The summed E-state index contributed by atoms with van der Waals surface area (Å²) < 4.78 is 12.5. The number of methoxy groups -OCH3 is 1. The first kappa shape index (κ1) is 23.4. The fraction of sp³-hybridized carbons (Fsp3) is 0.250. The minimum Gasteiger partial charge on any atom is -0.497 e. The normalized spacial score (nSPS) is 12.8. The molecule has 8 heteroatoms. The summed E-state index contributed by atoms with van der Waals surface area (Å²) >= 11 is 0. The molecule has 0 bridgehead atoms. The largest absolute Gasteiger partial charge is 0.497 e. The molecule has 2 aromatic carbocycles. The van der Waals surface area contributed by atoms with Gasteiger partial charge in [0, 0.05) is 23.4 Å². The number of carbonyl (C=O) groups is 2. The van der Waals surface area contributed by atoms with E-state index in [0.717, 1.165) is 35.4 Å². The third-order valence-corrected chi connectivity index (χ3v) is 6.15. The second-order valence-corrected chi connectivity index (χ2v) is 8.98. The van der Waals surface area contributed by atoms with Crippen LogP contribution in [0.15, 0.2) is 77.5 Å². The molecule has 0 atom stereocenters. The van der Waals surface area contributed by atoms with Gasteiger partial charge in [0.2, 0.25) is 17.8 Å². The van der Waals surface area contributed by atoms with Gasteiger partial charge in [0.15, 0.2) is 0 Å². The Balaban J connectivity index is 1.41. The highest BCUT2D eigenvalue weighted by Crippen LogP contribution is 2.32. The van der Waals surface area contributed by atoms with Crippen LogP contribution in [0.5, 0.6) is 5.75 Å². The molecular weight excluding hydrogens is 456 g/mol. The van der Waals surface area contributed by atoms with Gasteiger partial charge in [0.1, 0.15) is 18.1 Å². The zero-order valence-electron chi connectivity index (χ0n) is 20.3. The van der Waals surface area contributed by atoms with Gasteiger partial charge in [-0.15, -0.1) is 0 Å². The van der Waals surface area contributed by atoms with Gasteiger partial charge in [-0.3, -0.25) is 19.5 Å². The van der Waals surface area contributed by atoms with Gasteiger partial charge in [-0.25, -0.2) is 4.98 Å². The Morgan fingerprint density at radius 3 is 2.50 bits per heavy atom. The first-order chi connectivity index (χ1) is 17.5. The smallest absolute Gasteiger partial charge is 0.246 e. The molecule has 1 fully saturated rings. The van der Waals surface area contributed by atoms with Crippen LogP contribution in [0.4, 0.5) is 5.95 Å². The van der Waals surface area contributed by atoms with Gasteiger partial charge in [0.05, 0.1) is 25.6 Å². The summed E-state index contributed by atoms with van der Waals surface area (Å²) in [6.07, 6.45) is 5.17. The van der Waals surface area contributed by atoms with Gasteiger partial charge < -0.3 is 14.1 Å². The van der Waals surface area contributed by atoms with Crippen molar-refractivity contribution in [2.24, 2.45) is 5.92 Å². The molecule has 1 aliphatic carbocycles. The van der Waals surface area contributed by atoms with Crippen molar-refractivity contribution in [3.05, 3.63) is 84.4 Å². The highest BCUT2D eigenvalue weighted by atomic mass is 16.5. The number of furan rings is 1. The Labute approximate surface area is 209 Å². The van der Waals surface area contributed by atoms with Gasteiger partial charge >= 0.3 is 0 Å². The number of rotatable bonds is 9. The monoisotopic (exact) mass is 484 g/mol. The Morgan fingerprint density at radius 2 is 1.86 bits per heavy atom. The maximum absolute atomic E-state index is 13.2. The van der Waals surface area contributed by atoms with E-state index in [-0.39, 0.29) is 30.8 Å². The first-order valence-corrected chi connectivity index (χ1v) is 11.9. The molecule has 1 N–H and O–H groups in total. The van der Waals surface area contributed by atoms with Crippen LogP contribution in [-0.4, -0.2) is 39.9 Å². The van der Waals surface area contributed by atoms with Crippen molar-refractivity contribution in [3.8, 4) is 22.7 Å². The maximum atomic E-state index is 13.2. The van der Waals surface area contributed by atoms with E-state index < -0.39 is 0 Å². The van der Waals surface area contributed by atoms with Crippen molar-refractivity contribution in [1.29, 1.82) is 0 Å². The number of anilines is 1. The first-order valence-electron chi connectivity index (χ1n) is 11.9. The van der Waals surface area contributed by atoms with Crippen LogP contribution in [0.1, 0.15) is 24.2 Å². The van der Waals surface area contributed by atoms with Crippen LogP contribution in [0.3, 0.4) is 0 Å². The highest BCUT2D eigenvalue weighted by molar-refractivity contribution is 5.94. The average molecular weight is 485 g/mol. The van der Waals surface area contributed by atoms with E-state index in [1.165, 1.54) is 0 Å². The van der Waals surface area contributed by atoms with Crippen molar-refractivity contribution in [1.82, 2.24) is 14.5 Å². The fourth-order valence-corrected chi connectivity index (χ4v) is 4.00. The SMILES string of the molecule is COc1ccc(-c2cn(-c3ccc(C)cc3)c(NC(=O)CN(Cc3ccco3)C(=O)C3CC3)n2)cc1. The van der Waals surface area contributed by atoms with Crippen LogP contribution in [0, 0.1) is 12.8 Å². The summed E-state index contributed by atoms with van der Waals surface area (Å²) in [6.45, 7) is 2.18. The molecular formula is C28H28N4O4. The second kappa shape index (κ2) is 10.1. The molecule has 0 radical (unpaired) electrons. The van der Waals surface area contributed by atoms with E-state index in [1.807, 2.05) is 66.2 Å². The predicted octanol–water partition coefficient (Wildman–Crippen LogP) is 4.83. The average Bonchev–Trinajstić information content (AvgIpc) is 3.46. The minimum atomic E-state index is -0.323. The molecule has 5 rings (SSSR count). The van der Waals surface area contributed by atoms with Crippen molar-refractivity contribution in [2.75, 3.05) is 19.0 Å². The van der Waals surface area contributed by atoms with Crippen LogP contribution in [-0.2, 0) is 16.1 Å². The third-order valence-electron chi connectivity index (χ3n) is 6.15. The van der Waals surface area contributed by atoms with E-state index in [1.54, 1.807) is 30.4 Å². The molecule has 8 nitrogen and oxygen atoms in total. The lowest BCUT2D eigenvalue weighted by Gasteiger charge is -2.21. The van der Waals surface area contributed by atoms with Gasteiger partial charge in [-0.2, -0.15) is 0 Å². The minimum absolute atomic E-state index is 0.0102. The van der Waals surface area contributed by atoms with Crippen molar-refractivity contribution in [3.63, 3.8) is 0 Å². The molecule has 0 unspecified atom stereocenters. The lowest BCUT2D eigenvalue weighted by Crippen LogP contribution is -2.38. The molecule has 4 aromatic rings. The number of hydrogen-bond donors (Lipinski definition) is 1. The molecule has 0 spiro atoms. The number of nitrogens with one attached hydrogen (secondary N) is 1. The fourth-order valence-electron chi connectivity index (χ4n) is 4.00. The van der Waals surface area contributed by atoms with Crippen LogP contribution in [0.25, 0.3) is 16.9 Å². The molecule has 2 aromatic heterocycles. The van der Waals surface area contributed by atoms with Gasteiger partial charge in [0.25, 0.3) is 0 Å². The van der Waals surface area contributed by atoms with Crippen molar-refractivity contribution < 1.29 is 18.7 Å². The number of carbonyl (C=O) groups excluding carboxylic acids is 2. The summed E-state index contributed by atoms with van der Waals surface area (Å²) in [5.41, 5.74) is 3.59. The summed E-state index contributed by atoms with van der Waals surface area (Å²) in [6, 6.07) is 19.1. The zero-order valence-corrected chi connectivity index (χ0v) is 20.3. The second-order valence-electron chi connectivity index (χ2n) is 8.98. The number of hydrogen-bond acceptors (Lipinski definition) is 5. The van der Waals surface area contributed by atoms with E-state index in [2.05, 4.69) is 5.32 Å². The summed E-state index contributed by atoms with van der Waals surface area (Å²) in [7, 11) is 1.62. The van der Waals surface area contributed by atoms with Crippen LogP contribution < -0.4 is 10.1 Å². The molecule has 36 heavy (non-hydrogen) atoms. The Kier molecular flexibility index (Phi) is 6.58. The van der Waals surface area contributed by atoms with E-state index in [9.17, 15) is 9.59 Å². The van der Waals surface area contributed by atoms with Crippen molar-refractivity contribution in [2.45, 2.75) is 26.3 Å². The molecule has 2 amide bonds. The zero-order chi connectivity index (χ0) is 25.1. The van der Waals surface area contributed by atoms with Crippen LogP contribution >= 0.6 is 0 Å². The third kappa shape index (κ3) is 5.33. The van der Waals surface area contributed by atoms with Crippen molar-refractivity contribution >= 4 is 17.8 Å². The summed E-state index contributed by atoms with van der Waals surface area (Å²) in [5.74, 6) is 1.41. The molecule has 1 aliphatic rings. The summed E-state index contributed by atoms with van der Waals surface area (Å²) in [5, 5.41) is 2.92. The summed E-state index contributed by atoms with van der Waals surface area (Å²) in [4.78, 5) is 32.3. The Morgan fingerprint density at radius 1 is 1.11 bits per heavy atom. The topological polar surface area (TPSA) is 89.6 Å². The number of amides is 2. The number of benzene rings is 2. The molecule has 184 valence electrons. The Bertz CT molecular complexity index is 1340. The number of ether oxygens (including phenoxy) is 1. The lowest BCUT2D eigenvalue weighted by atomic mass is 10.1. The molecule has 0 aliphatic heterocycles.